The van der Waals surface area contributed by atoms with Crippen molar-refractivity contribution in [1.29, 1.82) is 0 Å². The van der Waals surface area contributed by atoms with Crippen LogP contribution < -0.4 is 0 Å². The predicted molar refractivity (Wildman–Crippen MR) is 76.5 cm³/mol. The zero-order valence-electron chi connectivity index (χ0n) is 11.1. The Morgan fingerprint density at radius 3 is 3.00 bits per heavy atom. The third-order valence-electron chi connectivity index (χ3n) is 3.47. The topological polar surface area (TPSA) is 40.5 Å². The number of thioether (sulfide) groups is 1. The zero-order valence-corrected chi connectivity index (χ0v) is 12.7. The molecule has 7 heteroatoms. The normalized spacial score (nSPS) is 21.2. The summed E-state index contributed by atoms with van der Waals surface area (Å²) in [7, 11) is 0. The van der Waals surface area contributed by atoms with Crippen molar-refractivity contribution in [3.05, 3.63) is 16.3 Å². The highest BCUT2D eigenvalue weighted by Gasteiger charge is 2.29. The Labute approximate surface area is 125 Å². The third-order valence-corrected chi connectivity index (χ3v) is 5.27. The van der Waals surface area contributed by atoms with E-state index in [2.05, 4.69) is 0 Å². The molecule has 2 atom stereocenters. The van der Waals surface area contributed by atoms with Gasteiger partial charge in [-0.3, -0.25) is 4.79 Å². The second-order valence-electron chi connectivity index (χ2n) is 4.89. The number of piperidine rings is 1. The Hall–Kier alpha value is -0.660. The van der Waals surface area contributed by atoms with Crippen molar-refractivity contribution in [2.75, 3.05) is 13.1 Å². The summed E-state index contributed by atoms with van der Waals surface area (Å²) in [5.41, 5.74) is 0. The number of nitrogens with zero attached hydrogens (tertiary/aromatic N) is 1. The summed E-state index contributed by atoms with van der Waals surface area (Å²) in [6, 6.07) is 1.56. The molecule has 0 spiro atoms. The van der Waals surface area contributed by atoms with Gasteiger partial charge < -0.3 is 10.0 Å². The van der Waals surface area contributed by atoms with Gasteiger partial charge in [-0.15, -0.1) is 11.3 Å². The molecule has 0 saturated carbocycles. The maximum Gasteiger partial charge on any atom is 0.288 e. The fourth-order valence-electron chi connectivity index (χ4n) is 2.37. The van der Waals surface area contributed by atoms with Gasteiger partial charge in [0.05, 0.1) is 6.10 Å². The molecule has 1 aliphatic heterocycles. The number of amides is 1. The second kappa shape index (κ2) is 6.87. The number of rotatable bonds is 4. The van der Waals surface area contributed by atoms with E-state index in [0.717, 1.165) is 12.8 Å². The summed E-state index contributed by atoms with van der Waals surface area (Å²) < 4.78 is 24.9. The molecule has 20 heavy (non-hydrogen) atoms. The average molecular weight is 321 g/mol. The van der Waals surface area contributed by atoms with Crippen molar-refractivity contribution in [2.24, 2.45) is 5.92 Å². The molecule has 2 unspecified atom stereocenters. The van der Waals surface area contributed by atoms with Crippen LogP contribution in [0.5, 0.6) is 0 Å². The lowest BCUT2D eigenvalue weighted by molar-refractivity contribution is 0.0467. The maximum atomic E-state index is 12.5. The molecule has 0 aromatic carbocycles. The summed E-state index contributed by atoms with van der Waals surface area (Å²) in [5.74, 6) is -2.66. The molecule has 1 aliphatic rings. The highest BCUT2D eigenvalue weighted by Crippen LogP contribution is 2.33. The SMILES string of the molecule is CC(O)C1CCCN(C(=O)c2sccc2SC(F)F)C1. The largest absolute Gasteiger partial charge is 0.393 e. The Morgan fingerprint density at radius 1 is 1.60 bits per heavy atom. The number of likely N-dealkylation sites (tertiary alicyclic amines) is 1. The molecule has 2 rings (SSSR count). The number of halogens is 2. The van der Waals surface area contributed by atoms with E-state index in [1.807, 2.05) is 0 Å². The van der Waals surface area contributed by atoms with Crippen LogP contribution in [0.3, 0.4) is 0 Å². The Balaban J connectivity index is 2.09. The van der Waals surface area contributed by atoms with Crippen molar-refractivity contribution in [1.82, 2.24) is 4.90 Å². The van der Waals surface area contributed by atoms with Crippen LogP contribution in [0, 0.1) is 5.92 Å². The zero-order chi connectivity index (χ0) is 14.7. The number of carbonyl (C=O) groups excluding carboxylic acids is 1. The Bertz CT molecular complexity index is 465. The average Bonchev–Trinajstić information content (AvgIpc) is 2.85. The van der Waals surface area contributed by atoms with Gasteiger partial charge in [-0.2, -0.15) is 8.78 Å². The van der Waals surface area contributed by atoms with Gasteiger partial charge in [-0.25, -0.2) is 0 Å². The van der Waals surface area contributed by atoms with Crippen LogP contribution in [0.15, 0.2) is 16.3 Å². The molecular weight excluding hydrogens is 304 g/mol. The van der Waals surface area contributed by atoms with Crippen LogP contribution in [0.25, 0.3) is 0 Å². The van der Waals surface area contributed by atoms with E-state index in [0.29, 0.717) is 34.6 Å². The molecule has 1 aromatic heterocycles. The number of hydrogen-bond donors (Lipinski definition) is 1. The van der Waals surface area contributed by atoms with Crippen molar-refractivity contribution in [3.63, 3.8) is 0 Å². The number of carbonyl (C=O) groups is 1. The standard InChI is InChI=1S/C13H17F2NO2S2/c1-8(17)9-3-2-5-16(7-9)12(18)11-10(4-6-19-11)20-13(14)15/h4,6,8-9,13,17H,2-3,5,7H2,1H3. The number of alkyl halides is 2. The van der Waals surface area contributed by atoms with Crippen molar-refractivity contribution >= 4 is 29.0 Å². The van der Waals surface area contributed by atoms with Gasteiger partial charge >= 0.3 is 0 Å². The minimum absolute atomic E-state index is 0.0684. The molecule has 3 nitrogen and oxygen atoms in total. The fraction of sp³-hybridized carbons (Fsp3) is 0.615. The lowest BCUT2D eigenvalue weighted by Crippen LogP contribution is -2.42. The van der Waals surface area contributed by atoms with Gasteiger partial charge in [0, 0.05) is 23.9 Å². The maximum absolute atomic E-state index is 12.5. The van der Waals surface area contributed by atoms with Crippen molar-refractivity contribution in [2.45, 2.75) is 36.5 Å². The molecule has 1 fully saturated rings. The molecule has 2 heterocycles. The van der Waals surface area contributed by atoms with Gasteiger partial charge in [-0.1, -0.05) is 11.8 Å². The lowest BCUT2D eigenvalue weighted by Gasteiger charge is -2.34. The van der Waals surface area contributed by atoms with E-state index in [1.54, 1.807) is 23.3 Å². The van der Waals surface area contributed by atoms with E-state index in [4.69, 9.17) is 0 Å². The van der Waals surface area contributed by atoms with E-state index in [-0.39, 0.29) is 11.8 Å². The van der Waals surface area contributed by atoms with E-state index in [9.17, 15) is 18.7 Å². The van der Waals surface area contributed by atoms with Crippen LogP contribution in [0.4, 0.5) is 8.78 Å². The van der Waals surface area contributed by atoms with Crippen molar-refractivity contribution in [3.8, 4) is 0 Å². The molecule has 112 valence electrons. The quantitative estimate of drug-likeness (QED) is 0.865. The molecule has 1 saturated heterocycles. The molecule has 0 bridgehead atoms. The summed E-state index contributed by atoms with van der Waals surface area (Å²) >= 11 is 1.61. The van der Waals surface area contributed by atoms with Gasteiger partial charge in [-0.05, 0) is 31.2 Å². The smallest absolute Gasteiger partial charge is 0.288 e. The van der Waals surface area contributed by atoms with Crippen LogP contribution in [0.2, 0.25) is 0 Å². The fourth-order valence-corrected chi connectivity index (χ4v) is 4.04. The molecule has 0 radical (unpaired) electrons. The van der Waals surface area contributed by atoms with Gasteiger partial charge in [0.25, 0.3) is 11.7 Å². The molecule has 0 aliphatic carbocycles. The molecular formula is C13H17F2NO2S2. The van der Waals surface area contributed by atoms with E-state index in [1.165, 1.54) is 11.3 Å². The summed E-state index contributed by atoms with van der Waals surface area (Å²) in [5, 5.41) is 11.3. The van der Waals surface area contributed by atoms with Crippen LogP contribution in [-0.2, 0) is 0 Å². The first-order valence-electron chi connectivity index (χ1n) is 6.48. The van der Waals surface area contributed by atoms with Crippen LogP contribution in [-0.4, -0.2) is 40.9 Å². The molecule has 1 aromatic rings. The number of aliphatic hydroxyl groups excluding tert-OH is 1. The number of hydrogen-bond acceptors (Lipinski definition) is 4. The summed E-state index contributed by atoms with van der Waals surface area (Å²) in [4.78, 5) is 14.8. The first-order chi connectivity index (χ1) is 9.49. The summed E-state index contributed by atoms with van der Waals surface area (Å²) in [6.07, 6.45) is 1.28. The third kappa shape index (κ3) is 3.71. The van der Waals surface area contributed by atoms with Crippen LogP contribution >= 0.6 is 23.1 Å². The first-order valence-corrected chi connectivity index (χ1v) is 8.24. The highest BCUT2D eigenvalue weighted by atomic mass is 32.2. The number of thiophene rings is 1. The predicted octanol–water partition coefficient (Wildman–Crippen LogP) is 3.30. The Morgan fingerprint density at radius 2 is 2.35 bits per heavy atom. The van der Waals surface area contributed by atoms with Gasteiger partial charge in [0.15, 0.2) is 0 Å². The van der Waals surface area contributed by atoms with Crippen molar-refractivity contribution < 1.29 is 18.7 Å². The minimum atomic E-state index is -2.53. The van der Waals surface area contributed by atoms with E-state index < -0.39 is 11.9 Å². The highest BCUT2D eigenvalue weighted by molar-refractivity contribution is 7.99. The minimum Gasteiger partial charge on any atom is -0.393 e. The lowest BCUT2D eigenvalue weighted by atomic mass is 9.93. The number of aliphatic hydroxyl groups is 1. The summed E-state index contributed by atoms with van der Waals surface area (Å²) in [6.45, 7) is 2.84. The van der Waals surface area contributed by atoms with Crippen LogP contribution in [0.1, 0.15) is 29.4 Å². The molecule has 1 amide bonds. The monoisotopic (exact) mass is 321 g/mol. The van der Waals surface area contributed by atoms with Gasteiger partial charge in [0.1, 0.15) is 4.88 Å². The Kier molecular flexibility index (Phi) is 5.40. The second-order valence-corrected chi connectivity index (χ2v) is 6.83. The first kappa shape index (κ1) is 15.7. The van der Waals surface area contributed by atoms with Gasteiger partial charge in [0.2, 0.25) is 0 Å². The van der Waals surface area contributed by atoms with E-state index >= 15 is 0 Å². The molecule has 1 N–H and O–H groups in total.